The second kappa shape index (κ2) is 6.74. The van der Waals surface area contributed by atoms with Gasteiger partial charge in [-0.3, -0.25) is 9.59 Å². The number of carboxylic acid groups (broad SMARTS) is 1. The van der Waals surface area contributed by atoms with Crippen LogP contribution in [0.15, 0.2) is 24.3 Å². The fraction of sp³-hybridized carbons (Fsp3) is 0.385. The van der Waals surface area contributed by atoms with Crippen LogP contribution in [0.4, 0.5) is 4.39 Å². The smallest absolute Gasteiger partial charge is 0.306 e. The molecule has 0 amide bonds. The van der Waals surface area contributed by atoms with Crippen LogP contribution in [0, 0.1) is 5.82 Å². The topological polar surface area (TPSA) is 63.6 Å². The summed E-state index contributed by atoms with van der Waals surface area (Å²) < 4.78 is 17.6. The lowest BCUT2D eigenvalue weighted by molar-refractivity contribution is -0.144. The third-order valence-electron chi connectivity index (χ3n) is 2.48. The van der Waals surface area contributed by atoms with Crippen molar-refractivity contribution in [3.63, 3.8) is 0 Å². The molecule has 0 spiro atoms. The number of esters is 1. The van der Waals surface area contributed by atoms with Gasteiger partial charge in [-0.05, 0) is 24.6 Å². The number of ether oxygens (including phenoxy) is 1. The molecule has 1 atom stereocenters. The third kappa shape index (κ3) is 4.53. The molecule has 0 unspecified atom stereocenters. The normalized spacial score (nSPS) is 11.9. The van der Waals surface area contributed by atoms with E-state index < -0.39 is 23.7 Å². The van der Waals surface area contributed by atoms with Crippen LogP contribution in [-0.2, 0) is 14.3 Å². The van der Waals surface area contributed by atoms with Crippen molar-refractivity contribution in [2.45, 2.75) is 25.7 Å². The summed E-state index contributed by atoms with van der Waals surface area (Å²) in [5, 5.41) is 8.82. The molecule has 18 heavy (non-hydrogen) atoms. The highest BCUT2D eigenvalue weighted by atomic mass is 19.1. The van der Waals surface area contributed by atoms with Gasteiger partial charge in [-0.25, -0.2) is 4.39 Å². The molecule has 0 fully saturated rings. The molecule has 98 valence electrons. The SMILES string of the molecule is CCOC(=O)C[C@@H](CC(=O)O)c1ccc(F)cc1. The van der Waals surface area contributed by atoms with E-state index >= 15 is 0 Å². The molecule has 0 saturated carbocycles. The molecule has 1 N–H and O–H groups in total. The van der Waals surface area contributed by atoms with Gasteiger partial charge in [0.25, 0.3) is 0 Å². The molecule has 1 aromatic carbocycles. The van der Waals surface area contributed by atoms with E-state index in [9.17, 15) is 14.0 Å². The Morgan fingerprint density at radius 2 is 1.89 bits per heavy atom. The molecule has 0 aromatic heterocycles. The molecule has 5 heteroatoms. The summed E-state index contributed by atoms with van der Waals surface area (Å²) in [4.78, 5) is 22.1. The zero-order valence-electron chi connectivity index (χ0n) is 10.1. The molecule has 0 bridgehead atoms. The Labute approximate surface area is 104 Å². The summed E-state index contributed by atoms with van der Waals surface area (Å²) in [6, 6.07) is 5.47. The number of hydrogen-bond acceptors (Lipinski definition) is 3. The lowest BCUT2D eigenvalue weighted by Gasteiger charge is -2.14. The molecular weight excluding hydrogens is 239 g/mol. The van der Waals surface area contributed by atoms with Crippen molar-refractivity contribution in [3.05, 3.63) is 35.6 Å². The first-order valence-corrected chi connectivity index (χ1v) is 5.65. The molecule has 0 heterocycles. The maximum Gasteiger partial charge on any atom is 0.306 e. The first kappa shape index (κ1) is 14.2. The molecule has 1 rings (SSSR count). The number of carbonyl (C=O) groups excluding carboxylic acids is 1. The first-order chi connectivity index (χ1) is 8.52. The summed E-state index contributed by atoms with van der Waals surface area (Å²) in [7, 11) is 0. The fourth-order valence-corrected chi connectivity index (χ4v) is 1.67. The monoisotopic (exact) mass is 254 g/mol. The predicted molar refractivity (Wildman–Crippen MR) is 62.6 cm³/mol. The average Bonchev–Trinajstić information content (AvgIpc) is 2.28. The molecule has 4 nitrogen and oxygen atoms in total. The minimum Gasteiger partial charge on any atom is -0.481 e. The van der Waals surface area contributed by atoms with Gasteiger partial charge in [0.15, 0.2) is 0 Å². The number of halogens is 1. The van der Waals surface area contributed by atoms with Crippen LogP contribution in [0.1, 0.15) is 31.2 Å². The fourth-order valence-electron chi connectivity index (χ4n) is 1.67. The number of benzene rings is 1. The van der Waals surface area contributed by atoms with Crippen molar-refractivity contribution >= 4 is 11.9 Å². The van der Waals surface area contributed by atoms with Gasteiger partial charge in [-0.1, -0.05) is 12.1 Å². The minimum atomic E-state index is -1.01. The largest absolute Gasteiger partial charge is 0.481 e. The maximum atomic E-state index is 12.8. The molecule has 0 aliphatic heterocycles. The van der Waals surface area contributed by atoms with Crippen molar-refractivity contribution in [3.8, 4) is 0 Å². The number of hydrogen-bond donors (Lipinski definition) is 1. The van der Waals surface area contributed by atoms with Crippen molar-refractivity contribution in [1.29, 1.82) is 0 Å². The number of aliphatic carboxylic acids is 1. The molecule has 0 saturated heterocycles. The Bertz CT molecular complexity index is 414. The second-order valence-electron chi connectivity index (χ2n) is 3.86. The Morgan fingerprint density at radius 3 is 2.39 bits per heavy atom. The van der Waals surface area contributed by atoms with E-state index in [0.29, 0.717) is 5.56 Å². The Kier molecular flexibility index (Phi) is 5.30. The summed E-state index contributed by atoms with van der Waals surface area (Å²) in [5.41, 5.74) is 0.617. The molecular formula is C13H15FO4. The highest BCUT2D eigenvalue weighted by Gasteiger charge is 2.20. The van der Waals surface area contributed by atoms with E-state index in [1.807, 2.05) is 0 Å². The zero-order valence-corrected chi connectivity index (χ0v) is 10.1. The van der Waals surface area contributed by atoms with Crippen LogP contribution in [0.2, 0.25) is 0 Å². The highest BCUT2D eigenvalue weighted by molar-refractivity contribution is 5.73. The van der Waals surface area contributed by atoms with Crippen molar-refractivity contribution < 1.29 is 23.8 Å². The lowest BCUT2D eigenvalue weighted by atomic mass is 9.92. The summed E-state index contributed by atoms with van der Waals surface area (Å²) in [5.74, 6) is -2.35. The van der Waals surface area contributed by atoms with Crippen molar-refractivity contribution in [1.82, 2.24) is 0 Å². The van der Waals surface area contributed by atoms with Crippen LogP contribution in [-0.4, -0.2) is 23.7 Å². The Hall–Kier alpha value is -1.91. The van der Waals surface area contributed by atoms with Crippen molar-refractivity contribution in [2.75, 3.05) is 6.61 Å². The van der Waals surface area contributed by atoms with E-state index in [-0.39, 0.29) is 19.4 Å². The molecule has 0 aliphatic rings. The van der Waals surface area contributed by atoms with Crippen LogP contribution >= 0.6 is 0 Å². The van der Waals surface area contributed by atoms with Gasteiger partial charge >= 0.3 is 11.9 Å². The summed E-state index contributed by atoms with van der Waals surface area (Å²) >= 11 is 0. The van der Waals surface area contributed by atoms with E-state index in [2.05, 4.69) is 0 Å². The predicted octanol–water partition coefficient (Wildman–Crippen LogP) is 2.34. The highest BCUT2D eigenvalue weighted by Crippen LogP contribution is 2.24. The molecule has 0 aliphatic carbocycles. The third-order valence-corrected chi connectivity index (χ3v) is 2.48. The maximum absolute atomic E-state index is 12.8. The second-order valence-corrected chi connectivity index (χ2v) is 3.86. The summed E-state index contributed by atoms with van der Waals surface area (Å²) in [6.07, 6.45) is -0.212. The van der Waals surface area contributed by atoms with Crippen LogP contribution in [0.5, 0.6) is 0 Å². The quantitative estimate of drug-likeness (QED) is 0.791. The van der Waals surface area contributed by atoms with E-state index in [4.69, 9.17) is 9.84 Å². The molecule has 1 aromatic rings. The van der Waals surface area contributed by atoms with Gasteiger partial charge in [0.2, 0.25) is 0 Å². The van der Waals surface area contributed by atoms with Gasteiger partial charge < -0.3 is 9.84 Å². The van der Waals surface area contributed by atoms with Crippen molar-refractivity contribution in [2.24, 2.45) is 0 Å². The van der Waals surface area contributed by atoms with Gasteiger partial charge in [0.05, 0.1) is 19.4 Å². The van der Waals surface area contributed by atoms with E-state index in [0.717, 1.165) is 0 Å². The number of carboxylic acids is 1. The molecule has 0 radical (unpaired) electrons. The van der Waals surface area contributed by atoms with Gasteiger partial charge in [-0.15, -0.1) is 0 Å². The van der Waals surface area contributed by atoms with E-state index in [1.165, 1.54) is 24.3 Å². The lowest BCUT2D eigenvalue weighted by Crippen LogP contribution is -2.13. The van der Waals surface area contributed by atoms with Crippen LogP contribution in [0.3, 0.4) is 0 Å². The van der Waals surface area contributed by atoms with Crippen LogP contribution in [0.25, 0.3) is 0 Å². The van der Waals surface area contributed by atoms with Gasteiger partial charge in [-0.2, -0.15) is 0 Å². The number of rotatable bonds is 6. The Morgan fingerprint density at radius 1 is 1.28 bits per heavy atom. The van der Waals surface area contributed by atoms with Gasteiger partial charge in [0.1, 0.15) is 5.82 Å². The summed E-state index contributed by atoms with van der Waals surface area (Å²) in [6.45, 7) is 1.93. The van der Waals surface area contributed by atoms with Gasteiger partial charge in [0, 0.05) is 5.92 Å². The van der Waals surface area contributed by atoms with E-state index in [1.54, 1.807) is 6.92 Å². The Balaban J connectivity index is 2.80. The average molecular weight is 254 g/mol. The standard InChI is InChI=1S/C13H15FO4/c1-2-18-13(17)8-10(7-12(15)16)9-3-5-11(14)6-4-9/h3-6,10H,2,7-8H2,1H3,(H,15,16)/t10-/m1/s1. The van der Waals surface area contributed by atoms with Crippen LogP contribution < -0.4 is 0 Å². The minimum absolute atomic E-state index is 0.0221. The zero-order chi connectivity index (χ0) is 13.5. The number of carbonyl (C=O) groups is 2. The first-order valence-electron chi connectivity index (χ1n) is 5.65.